The van der Waals surface area contributed by atoms with E-state index < -0.39 is 11.7 Å². The number of hydrogen-bond donors (Lipinski definition) is 0. The minimum atomic E-state index is -0.531. The van der Waals surface area contributed by atoms with Gasteiger partial charge in [-0.3, -0.25) is 9.69 Å². The lowest BCUT2D eigenvalue weighted by Crippen LogP contribution is -2.32. The molecule has 0 aliphatic carbocycles. The molecule has 2 aromatic carbocycles. The van der Waals surface area contributed by atoms with Crippen LogP contribution in [-0.2, 0) is 6.42 Å². The number of nitrogens with zero attached hydrogens (tertiary/aromatic N) is 3. The zero-order chi connectivity index (χ0) is 19.9. The fourth-order valence-corrected chi connectivity index (χ4v) is 3.65. The summed E-state index contributed by atoms with van der Waals surface area (Å²) in [5, 5.41) is 9.67. The van der Waals surface area contributed by atoms with E-state index in [9.17, 15) is 9.18 Å². The zero-order valence-corrected chi connectivity index (χ0v) is 16.6. The Kier molecular flexibility index (Phi) is 6.66. The molecule has 144 valence electrons. The molecule has 6 heteroatoms. The van der Waals surface area contributed by atoms with Gasteiger partial charge < -0.3 is 0 Å². The van der Waals surface area contributed by atoms with Gasteiger partial charge in [0.2, 0.25) is 5.13 Å². The van der Waals surface area contributed by atoms with Gasteiger partial charge in [-0.1, -0.05) is 67.2 Å². The van der Waals surface area contributed by atoms with Gasteiger partial charge in [0, 0.05) is 12.1 Å². The van der Waals surface area contributed by atoms with Crippen molar-refractivity contribution in [2.24, 2.45) is 0 Å². The molecule has 4 nitrogen and oxygen atoms in total. The first-order valence-electron chi connectivity index (χ1n) is 9.24. The summed E-state index contributed by atoms with van der Waals surface area (Å²) in [4.78, 5) is 14.5. The standard InChI is InChI=1S/C22H22FN3OS/c1-3-5-15-26(21(27)18-9-6-7-10-19(18)23)22-25-24-20(28-22)17-13-11-16(8-4-2)12-14-17/h4,6-7,9-14H,2-3,5,8,15H2,1H3. The van der Waals surface area contributed by atoms with Crippen LogP contribution in [0, 0.1) is 5.82 Å². The normalized spacial score (nSPS) is 10.6. The molecular weight excluding hydrogens is 373 g/mol. The third-order valence-electron chi connectivity index (χ3n) is 4.31. The van der Waals surface area contributed by atoms with Gasteiger partial charge in [-0.2, -0.15) is 0 Å². The molecule has 0 saturated heterocycles. The second kappa shape index (κ2) is 9.37. The first-order valence-corrected chi connectivity index (χ1v) is 10.1. The van der Waals surface area contributed by atoms with E-state index >= 15 is 0 Å². The molecule has 3 aromatic rings. The van der Waals surface area contributed by atoms with E-state index in [-0.39, 0.29) is 5.56 Å². The van der Waals surface area contributed by atoms with Crippen molar-refractivity contribution in [3.8, 4) is 10.6 Å². The number of halogens is 1. The maximum absolute atomic E-state index is 14.1. The fraction of sp³-hybridized carbons (Fsp3) is 0.227. The van der Waals surface area contributed by atoms with Gasteiger partial charge >= 0.3 is 0 Å². The molecule has 1 heterocycles. The fourth-order valence-electron chi connectivity index (χ4n) is 2.77. The molecule has 28 heavy (non-hydrogen) atoms. The molecule has 0 N–H and O–H groups in total. The highest BCUT2D eigenvalue weighted by atomic mass is 32.1. The molecule has 0 unspecified atom stereocenters. The van der Waals surface area contributed by atoms with E-state index in [4.69, 9.17) is 0 Å². The van der Waals surface area contributed by atoms with Crippen molar-refractivity contribution >= 4 is 22.4 Å². The van der Waals surface area contributed by atoms with E-state index in [1.54, 1.807) is 12.1 Å². The van der Waals surface area contributed by atoms with Crippen LogP contribution in [0.1, 0.15) is 35.7 Å². The van der Waals surface area contributed by atoms with Crippen LogP contribution in [0.3, 0.4) is 0 Å². The van der Waals surface area contributed by atoms with Crippen LogP contribution in [0.2, 0.25) is 0 Å². The smallest absolute Gasteiger partial charge is 0.263 e. The van der Waals surface area contributed by atoms with Crippen molar-refractivity contribution in [2.75, 3.05) is 11.4 Å². The lowest BCUT2D eigenvalue weighted by molar-refractivity contribution is 0.0982. The number of amides is 1. The van der Waals surface area contributed by atoms with Gasteiger partial charge in [0.25, 0.3) is 5.91 Å². The Morgan fingerprint density at radius 2 is 1.93 bits per heavy atom. The van der Waals surface area contributed by atoms with E-state index in [1.165, 1.54) is 33.9 Å². The number of anilines is 1. The van der Waals surface area contributed by atoms with Crippen LogP contribution in [-0.4, -0.2) is 22.6 Å². The Morgan fingerprint density at radius 3 is 2.61 bits per heavy atom. The van der Waals surface area contributed by atoms with Crippen molar-refractivity contribution in [3.05, 3.63) is 78.1 Å². The van der Waals surface area contributed by atoms with Crippen molar-refractivity contribution in [2.45, 2.75) is 26.2 Å². The van der Waals surface area contributed by atoms with Crippen molar-refractivity contribution in [1.82, 2.24) is 10.2 Å². The van der Waals surface area contributed by atoms with Gasteiger partial charge in [0.15, 0.2) is 0 Å². The predicted octanol–water partition coefficient (Wildman–Crippen LogP) is 5.52. The lowest BCUT2D eigenvalue weighted by atomic mass is 10.1. The molecule has 1 aromatic heterocycles. The van der Waals surface area contributed by atoms with Gasteiger partial charge in [-0.05, 0) is 30.5 Å². The van der Waals surface area contributed by atoms with Crippen LogP contribution in [0.5, 0.6) is 0 Å². The quantitative estimate of drug-likeness (QED) is 0.472. The number of allylic oxidation sites excluding steroid dienone is 1. The number of benzene rings is 2. The number of carbonyl (C=O) groups excluding carboxylic acids is 1. The molecular formula is C22H22FN3OS. The highest BCUT2D eigenvalue weighted by molar-refractivity contribution is 7.18. The summed E-state index contributed by atoms with van der Waals surface area (Å²) in [7, 11) is 0. The number of rotatable bonds is 8. The molecule has 0 spiro atoms. The molecule has 0 aliphatic heterocycles. The summed E-state index contributed by atoms with van der Waals surface area (Å²) in [6.45, 7) is 6.26. The van der Waals surface area contributed by atoms with Gasteiger partial charge in [-0.25, -0.2) is 4.39 Å². The summed E-state index contributed by atoms with van der Waals surface area (Å²) < 4.78 is 14.1. The average Bonchev–Trinajstić information content (AvgIpc) is 3.19. The minimum absolute atomic E-state index is 0.0455. The maximum Gasteiger partial charge on any atom is 0.263 e. The summed E-state index contributed by atoms with van der Waals surface area (Å²) in [5.41, 5.74) is 2.15. The molecule has 0 radical (unpaired) electrons. The minimum Gasteiger partial charge on any atom is -0.282 e. The molecule has 3 rings (SSSR count). The third kappa shape index (κ3) is 4.51. The maximum atomic E-state index is 14.1. The summed E-state index contributed by atoms with van der Waals surface area (Å²) in [5.74, 6) is -0.924. The van der Waals surface area contributed by atoms with Crippen molar-refractivity contribution in [1.29, 1.82) is 0 Å². The molecule has 0 aliphatic rings. The highest BCUT2D eigenvalue weighted by Gasteiger charge is 2.23. The topological polar surface area (TPSA) is 46.1 Å². The Balaban J connectivity index is 1.88. The first-order chi connectivity index (χ1) is 13.6. The van der Waals surface area contributed by atoms with Crippen LogP contribution in [0.15, 0.2) is 61.2 Å². The molecule has 0 atom stereocenters. The second-order valence-corrected chi connectivity index (χ2v) is 7.33. The summed E-state index contributed by atoms with van der Waals surface area (Å²) in [6, 6.07) is 14.0. The monoisotopic (exact) mass is 395 g/mol. The lowest BCUT2D eigenvalue weighted by Gasteiger charge is -2.19. The van der Waals surface area contributed by atoms with E-state index in [2.05, 4.69) is 16.8 Å². The zero-order valence-electron chi connectivity index (χ0n) is 15.8. The number of hydrogen-bond acceptors (Lipinski definition) is 4. The Bertz CT molecular complexity index is 952. The number of carbonyl (C=O) groups is 1. The number of unbranched alkanes of at least 4 members (excludes halogenated alkanes) is 1. The molecule has 0 fully saturated rings. The molecule has 1 amide bonds. The Morgan fingerprint density at radius 1 is 1.18 bits per heavy atom. The van der Waals surface area contributed by atoms with Gasteiger partial charge in [0.05, 0.1) is 5.56 Å². The van der Waals surface area contributed by atoms with E-state index in [1.807, 2.05) is 37.3 Å². The largest absolute Gasteiger partial charge is 0.282 e. The van der Waals surface area contributed by atoms with Crippen molar-refractivity contribution in [3.63, 3.8) is 0 Å². The van der Waals surface area contributed by atoms with Crippen LogP contribution in [0.4, 0.5) is 9.52 Å². The highest BCUT2D eigenvalue weighted by Crippen LogP contribution is 2.30. The van der Waals surface area contributed by atoms with Gasteiger partial charge in [-0.15, -0.1) is 16.8 Å². The predicted molar refractivity (Wildman–Crippen MR) is 112 cm³/mol. The second-order valence-electron chi connectivity index (χ2n) is 6.37. The average molecular weight is 396 g/mol. The SMILES string of the molecule is C=CCc1ccc(-c2nnc(N(CCCC)C(=O)c3ccccc3F)s2)cc1. The molecule has 0 bridgehead atoms. The van der Waals surface area contributed by atoms with Crippen LogP contribution >= 0.6 is 11.3 Å². The third-order valence-corrected chi connectivity index (χ3v) is 5.31. The first kappa shape index (κ1) is 19.9. The van der Waals surface area contributed by atoms with Crippen LogP contribution < -0.4 is 4.90 Å². The van der Waals surface area contributed by atoms with Crippen LogP contribution in [0.25, 0.3) is 10.6 Å². The van der Waals surface area contributed by atoms with E-state index in [0.29, 0.717) is 11.7 Å². The summed E-state index contributed by atoms with van der Waals surface area (Å²) >= 11 is 1.33. The van der Waals surface area contributed by atoms with Crippen molar-refractivity contribution < 1.29 is 9.18 Å². The van der Waals surface area contributed by atoms with Gasteiger partial charge in [0.1, 0.15) is 10.8 Å². The Labute approximate surface area is 168 Å². The summed E-state index contributed by atoms with van der Waals surface area (Å²) in [6.07, 6.45) is 4.38. The van der Waals surface area contributed by atoms with E-state index in [0.717, 1.165) is 29.8 Å². The number of aromatic nitrogens is 2. The Hall–Kier alpha value is -2.86. The molecule has 0 saturated carbocycles.